The molecule has 0 fully saturated rings. The molecule has 1 unspecified atom stereocenters. The minimum absolute atomic E-state index is 0.483. The largest absolute Gasteiger partial charge is 0.494 e. The van der Waals surface area contributed by atoms with Crippen molar-refractivity contribution in [1.82, 2.24) is 0 Å². The van der Waals surface area contributed by atoms with E-state index in [1.165, 1.54) is 12.8 Å². The van der Waals surface area contributed by atoms with Crippen molar-refractivity contribution >= 4 is 12.6 Å². The monoisotopic (exact) mass is 236 g/mol. The van der Waals surface area contributed by atoms with E-state index in [1.54, 1.807) is 24.3 Å². The van der Waals surface area contributed by atoms with Crippen molar-refractivity contribution in [2.75, 3.05) is 6.61 Å². The highest BCUT2D eigenvalue weighted by Crippen LogP contribution is 2.12. The Bertz CT molecular complexity index is 311. The fourth-order valence-electron chi connectivity index (χ4n) is 1.56. The molecule has 0 aliphatic carbocycles. The Labute approximate surface area is 104 Å². The molecule has 0 amide bonds. The van der Waals surface area contributed by atoms with Crippen LogP contribution in [0.25, 0.3) is 0 Å². The molecule has 0 saturated heterocycles. The third-order valence-corrected chi connectivity index (χ3v) is 2.99. The molecular weight excluding hydrogens is 215 g/mol. The van der Waals surface area contributed by atoms with Gasteiger partial charge in [-0.1, -0.05) is 32.4 Å². The van der Waals surface area contributed by atoms with E-state index in [-0.39, 0.29) is 0 Å². The molecule has 1 aromatic rings. The number of hydrogen-bond acceptors (Lipinski definition) is 3. The van der Waals surface area contributed by atoms with Gasteiger partial charge in [0.2, 0.25) is 0 Å². The molecule has 1 atom stereocenters. The minimum Gasteiger partial charge on any atom is -0.494 e. The number of rotatable bonds is 7. The quantitative estimate of drug-likeness (QED) is 0.558. The molecule has 4 heteroatoms. The Hall–Kier alpha value is -0.995. The van der Waals surface area contributed by atoms with E-state index < -0.39 is 7.12 Å². The second-order valence-corrected chi connectivity index (χ2v) is 4.45. The lowest BCUT2D eigenvalue weighted by Gasteiger charge is -2.09. The Morgan fingerprint density at radius 1 is 1.24 bits per heavy atom. The van der Waals surface area contributed by atoms with Gasteiger partial charge in [0.1, 0.15) is 5.75 Å². The van der Waals surface area contributed by atoms with E-state index in [1.807, 2.05) is 0 Å². The van der Waals surface area contributed by atoms with E-state index in [2.05, 4.69) is 13.8 Å². The van der Waals surface area contributed by atoms with Crippen LogP contribution in [0.2, 0.25) is 0 Å². The first-order chi connectivity index (χ1) is 8.13. The third kappa shape index (κ3) is 5.24. The summed E-state index contributed by atoms with van der Waals surface area (Å²) in [7, 11) is -1.41. The van der Waals surface area contributed by atoms with Gasteiger partial charge in [0.15, 0.2) is 0 Å². The van der Waals surface area contributed by atoms with Gasteiger partial charge in [0.25, 0.3) is 0 Å². The molecule has 0 aromatic heterocycles. The molecule has 94 valence electrons. The van der Waals surface area contributed by atoms with E-state index in [0.717, 1.165) is 18.1 Å². The lowest BCUT2D eigenvalue weighted by Crippen LogP contribution is -2.29. The maximum atomic E-state index is 8.93. The molecule has 0 aliphatic heterocycles. The lowest BCUT2D eigenvalue weighted by molar-refractivity contribution is 0.294. The average Bonchev–Trinajstić information content (AvgIpc) is 2.34. The van der Waals surface area contributed by atoms with Gasteiger partial charge in [-0.15, -0.1) is 0 Å². The summed E-state index contributed by atoms with van der Waals surface area (Å²) in [6, 6.07) is 6.85. The van der Waals surface area contributed by atoms with Crippen LogP contribution in [0.1, 0.15) is 33.1 Å². The summed E-state index contributed by atoms with van der Waals surface area (Å²) in [5.41, 5.74) is 0.483. The van der Waals surface area contributed by atoms with Gasteiger partial charge < -0.3 is 14.8 Å². The minimum atomic E-state index is -1.41. The van der Waals surface area contributed by atoms with E-state index in [4.69, 9.17) is 14.8 Å². The molecule has 0 bridgehead atoms. The molecule has 0 spiro atoms. The normalized spacial score (nSPS) is 12.2. The third-order valence-electron chi connectivity index (χ3n) is 2.99. The molecule has 0 radical (unpaired) electrons. The molecule has 3 nitrogen and oxygen atoms in total. The van der Waals surface area contributed by atoms with Gasteiger partial charge in [-0.05, 0) is 36.4 Å². The lowest BCUT2D eigenvalue weighted by atomic mass is 9.80. The summed E-state index contributed by atoms with van der Waals surface area (Å²) in [6.45, 7) is 5.16. The van der Waals surface area contributed by atoms with E-state index in [9.17, 15) is 0 Å². The Balaban J connectivity index is 2.28. The van der Waals surface area contributed by atoms with Crippen LogP contribution >= 0.6 is 0 Å². The topological polar surface area (TPSA) is 49.7 Å². The predicted octanol–water partition coefficient (Wildman–Crippen LogP) is 1.57. The highest BCUT2D eigenvalue weighted by Gasteiger charge is 2.09. The number of benzene rings is 1. The number of hydrogen-bond donors (Lipinski definition) is 2. The summed E-state index contributed by atoms with van der Waals surface area (Å²) in [5.74, 6) is 1.53. The summed E-state index contributed by atoms with van der Waals surface area (Å²) in [6.07, 6.45) is 3.45. The molecule has 17 heavy (non-hydrogen) atoms. The summed E-state index contributed by atoms with van der Waals surface area (Å²) in [5, 5.41) is 17.9. The Kier molecular flexibility index (Phi) is 6.09. The molecule has 0 heterocycles. The van der Waals surface area contributed by atoms with E-state index >= 15 is 0 Å². The van der Waals surface area contributed by atoms with Crippen molar-refractivity contribution < 1.29 is 14.8 Å². The Morgan fingerprint density at radius 2 is 1.88 bits per heavy atom. The standard InChI is InChI=1S/C13H21BO3/c1-3-11(2)5-4-10-17-13-8-6-12(7-9-13)14(15)16/h6-9,11,15-16H,3-5,10H2,1-2H3. The SMILES string of the molecule is CCC(C)CCCOc1ccc(B(O)O)cc1. The highest BCUT2D eigenvalue weighted by atomic mass is 16.5. The second kappa shape index (κ2) is 7.35. The van der Waals surface area contributed by atoms with Crippen LogP contribution in [0.3, 0.4) is 0 Å². The van der Waals surface area contributed by atoms with Crippen molar-refractivity contribution in [3.05, 3.63) is 24.3 Å². The first kappa shape index (κ1) is 14.1. The average molecular weight is 236 g/mol. The maximum Gasteiger partial charge on any atom is 0.488 e. The van der Waals surface area contributed by atoms with Crippen molar-refractivity contribution in [3.63, 3.8) is 0 Å². The second-order valence-electron chi connectivity index (χ2n) is 4.45. The fourth-order valence-corrected chi connectivity index (χ4v) is 1.56. The molecule has 1 rings (SSSR count). The van der Waals surface area contributed by atoms with E-state index in [0.29, 0.717) is 12.1 Å². The van der Waals surface area contributed by atoms with Crippen LogP contribution in [-0.2, 0) is 0 Å². The zero-order chi connectivity index (χ0) is 12.7. The zero-order valence-corrected chi connectivity index (χ0v) is 10.6. The van der Waals surface area contributed by atoms with Gasteiger partial charge in [-0.3, -0.25) is 0 Å². The van der Waals surface area contributed by atoms with Gasteiger partial charge in [0, 0.05) is 0 Å². The summed E-state index contributed by atoms with van der Waals surface area (Å²) >= 11 is 0. The fraction of sp³-hybridized carbons (Fsp3) is 0.538. The number of ether oxygens (including phenoxy) is 1. The van der Waals surface area contributed by atoms with Crippen LogP contribution in [0.15, 0.2) is 24.3 Å². The van der Waals surface area contributed by atoms with Crippen molar-refractivity contribution in [1.29, 1.82) is 0 Å². The Morgan fingerprint density at radius 3 is 2.41 bits per heavy atom. The molecule has 0 saturated carbocycles. The summed E-state index contributed by atoms with van der Waals surface area (Å²) < 4.78 is 5.57. The molecule has 1 aromatic carbocycles. The molecular formula is C13H21BO3. The smallest absolute Gasteiger partial charge is 0.488 e. The zero-order valence-electron chi connectivity index (χ0n) is 10.6. The van der Waals surface area contributed by atoms with Gasteiger partial charge in [0.05, 0.1) is 6.61 Å². The van der Waals surface area contributed by atoms with Gasteiger partial charge in [-0.2, -0.15) is 0 Å². The summed E-state index contributed by atoms with van der Waals surface area (Å²) in [4.78, 5) is 0. The van der Waals surface area contributed by atoms with Crippen LogP contribution in [0, 0.1) is 5.92 Å². The van der Waals surface area contributed by atoms with Crippen LogP contribution in [0.5, 0.6) is 5.75 Å². The molecule has 2 N–H and O–H groups in total. The van der Waals surface area contributed by atoms with Crippen LogP contribution < -0.4 is 10.2 Å². The van der Waals surface area contributed by atoms with Gasteiger partial charge >= 0.3 is 7.12 Å². The first-order valence-corrected chi connectivity index (χ1v) is 6.22. The maximum absolute atomic E-state index is 8.93. The highest BCUT2D eigenvalue weighted by molar-refractivity contribution is 6.58. The first-order valence-electron chi connectivity index (χ1n) is 6.22. The van der Waals surface area contributed by atoms with Crippen molar-refractivity contribution in [2.24, 2.45) is 5.92 Å². The van der Waals surface area contributed by atoms with Gasteiger partial charge in [-0.25, -0.2) is 0 Å². The van der Waals surface area contributed by atoms with Crippen LogP contribution in [-0.4, -0.2) is 23.8 Å². The van der Waals surface area contributed by atoms with Crippen molar-refractivity contribution in [2.45, 2.75) is 33.1 Å². The van der Waals surface area contributed by atoms with Crippen LogP contribution in [0.4, 0.5) is 0 Å². The molecule has 0 aliphatic rings. The predicted molar refractivity (Wildman–Crippen MR) is 70.5 cm³/mol. The van der Waals surface area contributed by atoms with Crippen molar-refractivity contribution in [3.8, 4) is 5.75 Å².